The third kappa shape index (κ3) is 9.73. The number of benzene rings is 3. The smallest absolute Gasteiger partial charge is 0.305 e. The number of halogens is 1. The Morgan fingerprint density at radius 3 is 2.16 bits per heavy atom. The van der Waals surface area contributed by atoms with Crippen molar-refractivity contribution in [3.63, 3.8) is 0 Å². The topological polar surface area (TPSA) is 112 Å². The van der Waals surface area contributed by atoms with Crippen LogP contribution >= 0.6 is 0 Å². The molecule has 2 atom stereocenters. The number of hydrogen-bond donors (Lipinski definition) is 3. The van der Waals surface area contributed by atoms with Crippen LogP contribution in [0.2, 0.25) is 0 Å². The molecule has 0 aliphatic rings. The van der Waals surface area contributed by atoms with Crippen LogP contribution < -0.4 is 15.5 Å². The normalized spacial score (nSPS) is 12.7. The lowest BCUT2D eigenvalue weighted by Gasteiger charge is -2.25. The Morgan fingerprint density at radius 2 is 1.56 bits per heavy atom. The monoisotopic (exact) mass is 685 g/mol. The molecular formula is C41H52FN3O5. The first-order valence-electron chi connectivity index (χ1n) is 17.8. The van der Waals surface area contributed by atoms with Crippen molar-refractivity contribution in [3.05, 3.63) is 77.6 Å². The van der Waals surface area contributed by atoms with Gasteiger partial charge < -0.3 is 25.1 Å². The molecule has 0 radical (unpaired) electrons. The van der Waals surface area contributed by atoms with Gasteiger partial charge in [0, 0.05) is 60.9 Å². The first-order valence-corrected chi connectivity index (χ1v) is 17.8. The zero-order chi connectivity index (χ0) is 36.5. The fraction of sp³-hybridized carbons (Fsp3) is 0.439. The van der Waals surface area contributed by atoms with E-state index in [2.05, 4.69) is 61.4 Å². The number of carbonyl (C=O) groups excluding carboxylic acids is 2. The maximum Gasteiger partial charge on any atom is 0.305 e. The van der Waals surface area contributed by atoms with Crippen molar-refractivity contribution in [1.29, 1.82) is 0 Å². The molecule has 9 heteroatoms. The number of carboxylic acids is 1. The van der Waals surface area contributed by atoms with E-state index < -0.39 is 12.0 Å². The Kier molecular flexibility index (Phi) is 13.2. The Hall–Kier alpha value is -4.66. The highest BCUT2D eigenvalue weighted by molar-refractivity contribution is 6.12. The highest BCUT2D eigenvalue weighted by atomic mass is 19.1. The summed E-state index contributed by atoms with van der Waals surface area (Å²) in [4.78, 5) is 40.3. The second-order valence-electron chi connectivity index (χ2n) is 14.0. The van der Waals surface area contributed by atoms with Crippen LogP contribution in [0.15, 0.2) is 65.1 Å². The van der Waals surface area contributed by atoms with Crippen LogP contribution in [-0.2, 0) is 16.0 Å². The summed E-state index contributed by atoms with van der Waals surface area (Å²) in [6.45, 7) is 14.0. The Balaban J connectivity index is 1.75. The quantitative estimate of drug-likeness (QED) is 0.103. The van der Waals surface area contributed by atoms with Crippen LogP contribution in [0, 0.1) is 23.6 Å². The number of nitrogens with one attached hydrogen (secondary N) is 2. The van der Waals surface area contributed by atoms with Crippen LogP contribution in [-0.4, -0.2) is 49.1 Å². The molecule has 2 amide bonds. The van der Waals surface area contributed by atoms with E-state index in [-0.39, 0.29) is 35.9 Å². The van der Waals surface area contributed by atoms with E-state index in [4.69, 9.17) is 4.42 Å². The highest BCUT2D eigenvalue weighted by Gasteiger charge is 2.25. The molecular weight excluding hydrogens is 633 g/mol. The average molecular weight is 686 g/mol. The van der Waals surface area contributed by atoms with Crippen LogP contribution in [0.25, 0.3) is 33.4 Å². The number of carbonyl (C=O) groups is 3. The molecule has 0 bridgehead atoms. The molecule has 1 unspecified atom stereocenters. The molecule has 0 aliphatic carbocycles. The van der Waals surface area contributed by atoms with E-state index in [1.165, 1.54) is 12.1 Å². The van der Waals surface area contributed by atoms with Crippen LogP contribution in [0.1, 0.15) is 83.1 Å². The van der Waals surface area contributed by atoms with E-state index >= 15 is 0 Å². The van der Waals surface area contributed by atoms with Crippen molar-refractivity contribution in [3.8, 4) is 22.5 Å². The summed E-state index contributed by atoms with van der Waals surface area (Å²) in [6, 6.07) is 17.8. The van der Waals surface area contributed by atoms with Crippen molar-refractivity contribution in [2.45, 2.75) is 79.7 Å². The molecule has 0 saturated carbocycles. The van der Waals surface area contributed by atoms with Gasteiger partial charge in [0.05, 0.1) is 12.0 Å². The fourth-order valence-corrected chi connectivity index (χ4v) is 6.97. The first kappa shape index (κ1) is 38.1. The number of nitrogens with zero attached hydrogens (tertiary/aromatic N) is 1. The molecule has 3 N–H and O–H groups in total. The molecule has 0 aliphatic heterocycles. The number of fused-ring (bicyclic) bond motifs is 1. The van der Waals surface area contributed by atoms with Crippen molar-refractivity contribution >= 4 is 34.4 Å². The molecule has 0 fully saturated rings. The fourth-order valence-electron chi connectivity index (χ4n) is 6.97. The van der Waals surface area contributed by atoms with Crippen molar-refractivity contribution < 1.29 is 28.3 Å². The summed E-state index contributed by atoms with van der Waals surface area (Å²) in [5.41, 5.74) is 5.53. The van der Waals surface area contributed by atoms with Crippen molar-refractivity contribution in [1.82, 2.24) is 10.6 Å². The number of rotatable bonds is 17. The molecule has 0 saturated heterocycles. The second kappa shape index (κ2) is 17.3. The molecule has 268 valence electrons. The van der Waals surface area contributed by atoms with E-state index in [9.17, 15) is 23.9 Å². The van der Waals surface area contributed by atoms with Crippen molar-refractivity contribution in [2.75, 3.05) is 25.0 Å². The number of aliphatic carboxylic acids is 1. The molecule has 3 aromatic carbocycles. The van der Waals surface area contributed by atoms with Gasteiger partial charge >= 0.3 is 5.97 Å². The second-order valence-corrected chi connectivity index (χ2v) is 14.0. The Bertz CT molecular complexity index is 1780. The molecule has 4 aromatic rings. The van der Waals surface area contributed by atoms with Gasteiger partial charge in [-0.1, -0.05) is 52.0 Å². The number of anilines is 1. The van der Waals surface area contributed by atoms with Gasteiger partial charge in [-0.15, -0.1) is 0 Å². The predicted molar refractivity (Wildman–Crippen MR) is 199 cm³/mol. The van der Waals surface area contributed by atoms with Gasteiger partial charge in [-0.3, -0.25) is 14.4 Å². The number of furan rings is 1. The van der Waals surface area contributed by atoms with E-state index in [0.29, 0.717) is 53.0 Å². The SMILES string of the molecule is CCN(CC)c1cc2oc(-c3ccc(F)cc3)c(C(=O)NC)c2cc1-c1cccc(CC(CC(=O)N[C@H](CC(=O)O)CC(C)C)CC(C)C)c1. The lowest BCUT2D eigenvalue weighted by Crippen LogP contribution is -2.38. The van der Waals surface area contributed by atoms with Gasteiger partial charge in [0.1, 0.15) is 17.2 Å². The molecule has 4 rings (SSSR count). The summed E-state index contributed by atoms with van der Waals surface area (Å²) in [6.07, 6.45) is 2.35. The third-order valence-corrected chi connectivity index (χ3v) is 9.05. The zero-order valence-electron chi connectivity index (χ0n) is 30.4. The molecule has 0 spiro atoms. The van der Waals surface area contributed by atoms with Crippen LogP contribution in [0.3, 0.4) is 0 Å². The molecule has 50 heavy (non-hydrogen) atoms. The van der Waals surface area contributed by atoms with E-state index in [1.807, 2.05) is 32.0 Å². The lowest BCUT2D eigenvalue weighted by atomic mass is 9.87. The lowest BCUT2D eigenvalue weighted by molar-refractivity contribution is -0.137. The summed E-state index contributed by atoms with van der Waals surface area (Å²) < 4.78 is 20.2. The van der Waals surface area contributed by atoms with Crippen LogP contribution in [0.5, 0.6) is 0 Å². The summed E-state index contributed by atoms with van der Waals surface area (Å²) in [7, 11) is 1.58. The minimum absolute atomic E-state index is 0.0616. The van der Waals surface area contributed by atoms with Gasteiger partial charge in [-0.25, -0.2) is 4.39 Å². The summed E-state index contributed by atoms with van der Waals surface area (Å²) >= 11 is 0. The predicted octanol–water partition coefficient (Wildman–Crippen LogP) is 8.71. The Morgan fingerprint density at radius 1 is 0.880 bits per heavy atom. The standard InChI is InChI=1S/C41H52FN3O5/c1-8-45(9-2)35-24-36-34(39(41(49)43-7)40(50-36)29-13-15-31(42)16-14-29)23-33(35)30-12-10-11-27(20-30)19-28(17-25(3)4)21-37(46)44-32(18-26(5)6)22-38(47)48/h10-16,20,23-26,28,32H,8-9,17-19,21-22H2,1-7H3,(H,43,49)(H,44,46)(H,47,48)/t28?,32-/m0/s1. The van der Waals surface area contributed by atoms with Crippen LogP contribution in [0.4, 0.5) is 10.1 Å². The maximum absolute atomic E-state index is 13.8. The van der Waals surface area contributed by atoms with Gasteiger partial charge in [-0.2, -0.15) is 0 Å². The third-order valence-electron chi connectivity index (χ3n) is 9.05. The zero-order valence-corrected chi connectivity index (χ0v) is 30.4. The minimum atomic E-state index is -0.918. The maximum atomic E-state index is 13.8. The summed E-state index contributed by atoms with van der Waals surface area (Å²) in [5, 5.41) is 15.8. The number of amides is 2. The summed E-state index contributed by atoms with van der Waals surface area (Å²) in [5.74, 6) is -0.633. The minimum Gasteiger partial charge on any atom is -0.481 e. The van der Waals surface area contributed by atoms with Crippen molar-refractivity contribution in [2.24, 2.45) is 17.8 Å². The van der Waals surface area contributed by atoms with E-state index in [1.54, 1.807) is 19.2 Å². The first-order chi connectivity index (χ1) is 23.8. The number of hydrogen-bond acceptors (Lipinski definition) is 5. The van der Waals surface area contributed by atoms with Gasteiger partial charge in [0.15, 0.2) is 0 Å². The average Bonchev–Trinajstić information content (AvgIpc) is 3.42. The molecule has 1 heterocycles. The Labute approximate surface area is 295 Å². The van der Waals surface area contributed by atoms with Gasteiger partial charge in [0.25, 0.3) is 5.91 Å². The molecule has 1 aromatic heterocycles. The van der Waals surface area contributed by atoms with Gasteiger partial charge in [0.2, 0.25) is 5.91 Å². The highest BCUT2D eigenvalue weighted by Crippen LogP contribution is 2.41. The van der Waals surface area contributed by atoms with Gasteiger partial charge in [-0.05, 0) is 92.3 Å². The molecule has 8 nitrogen and oxygen atoms in total. The van der Waals surface area contributed by atoms with E-state index in [0.717, 1.165) is 41.9 Å². The number of carboxylic acid groups (broad SMARTS) is 1. The largest absolute Gasteiger partial charge is 0.481 e.